The van der Waals surface area contributed by atoms with Gasteiger partial charge in [-0.3, -0.25) is 4.79 Å². The van der Waals surface area contributed by atoms with Crippen molar-refractivity contribution in [2.75, 3.05) is 6.54 Å². The lowest BCUT2D eigenvalue weighted by atomic mass is 9.82. The van der Waals surface area contributed by atoms with Crippen LogP contribution in [0.15, 0.2) is 0 Å². The van der Waals surface area contributed by atoms with Crippen LogP contribution in [0, 0.1) is 11.8 Å². The number of carbonyl (C=O) groups excluding carboxylic acids is 2. The molecule has 1 rings (SSSR count). The van der Waals surface area contributed by atoms with Gasteiger partial charge in [-0.1, -0.05) is 13.8 Å². The topological polar surface area (TPSA) is 104 Å². The fraction of sp³-hybridized carbons (Fsp3) is 0.833. The highest BCUT2D eigenvalue weighted by atomic mass is 16.3. The molecule has 1 fully saturated rings. The third-order valence-corrected chi connectivity index (χ3v) is 3.12. The SMILES string of the molecule is CC(C)CC(NC(N)=O)C(=O)NCC1CC(O)C1. The van der Waals surface area contributed by atoms with E-state index in [9.17, 15) is 9.59 Å². The van der Waals surface area contributed by atoms with Crippen molar-refractivity contribution in [3.05, 3.63) is 0 Å². The van der Waals surface area contributed by atoms with Gasteiger partial charge in [0.05, 0.1) is 6.10 Å². The summed E-state index contributed by atoms with van der Waals surface area (Å²) in [5.74, 6) is 0.430. The standard InChI is InChI=1S/C12H23N3O3/c1-7(2)3-10(15-12(13)18)11(17)14-6-8-4-9(16)5-8/h7-10,16H,3-6H2,1-2H3,(H,14,17)(H3,13,15,18). The summed E-state index contributed by atoms with van der Waals surface area (Å²) in [5.41, 5.74) is 5.06. The molecule has 0 aromatic carbocycles. The molecule has 6 nitrogen and oxygen atoms in total. The Bertz CT molecular complexity index is 301. The lowest BCUT2D eigenvalue weighted by molar-refractivity contribution is -0.123. The molecule has 1 unspecified atom stereocenters. The second-order valence-electron chi connectivity index (χ2n) is 5.43. The van der Waals surface area contributed by atoms with Gasteiger partial charge in [0.15, 0.2) is 0 Å². The molecule has 0 aromatic rings. The van der Waals surface area contributed by atoms with E-state index in [1.54, 1.807) is 0 Å². The number of aliphatic hydroxyl groups excluding tert-OH is 1. The van der Waals surface area contributed by atoms with Crippen LogP contribution in [0.3, 0.4) is 0 Å². The molecule has 0 bridgehead atoms. The fourth-order valence-electron chi connectivity index (χ4n) is 2.11. The molecule has 3 amide bonds. The summed E-state index contributed by atoms with van der Waals surface area (Å²) >= 11 is 0. The van der Waals surface area contributed by atoms with Crippen molar-refractivity contribution in [2.45, 2.75) is 45.3 Å². The van der Waals surface area contributed by atoms with Crippen molar-refractivity contribution in [3.63, 3.8) is 0 Å². The van der Waals surface area contributed by atoms with Crippen LogP contribution >= 0.6 is 0 Å². The Hall–Kier alpha value is -1.30. The molecule has 5 N–H and O–H groups in total. The molecule has 18 heavy (non-hydrogen) atoms. The van der Waals surface area contributed by atoms with E-state index in [0.29, 0.717) is 18.9 Å². The first-order valence-corrected chi connectivity index (χ1v) is 6.40. The van der Waals surface area contributed by atoms with Crippen LogP contribution in [-0.2, 0) is 4.79 Å². The molecule has 0 spiro atoms. The lowest BCUT2D eigenvalue weighted by Crippen LogP contribution is -2.50. The molecule has 0 aliphatic heterocycles. The van der Waals surface area contributed by atoms with Gasteiger partial charge in [-0.15, -0.1) is 0 Å². The number of hydrogen-bond acceptors (Lipinski definition) is 3. The Morgan fingerprint density at radius 1 is 1.39 bits per heavy atom. The van der Waals surface area contributed by atoms with Crippen LogP contribution in [0.5, 0.6) is 0 Å². The summed E-state index contributed by atoms with van der Waals surface area (Å²) in [6, 6.07) is -1.26. The second-order valence-corrected chi connectivity index (χ2v) is 5.43. The summed E-state index contributed by atoms with van der Waals surface area (Å²) in [5, 5.41) is 14.4. The molecular formula is C12H23N3O3. The first-order chi connectivity index (χ1) is 8.38. The number of rotatable bonds is 6. The lowest BCUT2D eigenvalue weighted by Gasteiger charge is -2.32. The van der Waals surface area contributed by atoms with Crippen LogP contribution < -0.4 is 16.4 Å². The summed E-state index contributed by atoms with van der Waals surface area (Å²) in [6.45, 7) is 4.50. The van der Waals surface area contributed by atoms with Gasteiger partial charge >= 0.3 is 6.03 Å². The molecule has 1 atom stereocenters. The Kier molecular flexibility index (Phi) is 5.40. The highest BCUT2D eigenvalue weighted by Gasteiger charge is 2.28. The maximum Gasteiger partial charge on any atom is 0.312 e. The summed E-state index contributed by atoms with van der Waals surface area (Å²) < 4.78 is 0. The molecule has 0 heterocycles. The number of primary amides is 1. The fourth-order valence-corrected chi connectivity index (χ4v) is 2.11. The van der Waals surface area contributed by atoms with E-state index in [0.717, 1.165) is 12.8 Å². The first kappa shape index (κ1) is 14.8. The monoisotopic (exact) mass is 257 g/mol. The van der Waals surface area contributed by atoms with E-state index in [1.165, 1.54) is 0 Å². The molecule has 1 saturated carbocycles. The average molecular weight is 257 g/mol. The van der Waals surface area contributed by atoms with Crippen molar-refractivity contribution in [3.8, 4) is 0 Å². The molecule has 1 aliphatic rings. The van der Waals surface area contributed by atoms with E-state index in [4.69, 9.17) is 10.8 Å². The third kappa shape index (κ3) is 4.91. The summed E-state index contributed by atoms with van der Waals surface area (Å²) in [6.07, 6.45) is 1.81. The second kappa shape index (κ2) is 6.58. The minimum Gasteiger partial charge on any atom is -0.393 e. The predicted molar refractivity (Wildman–Crippen MR) is 67.7 cm³/mol. The maximum absolute atomic E-state index is 11.9. The smallest absolute Gasteiger partial charge is 0.312 e. The zero-order valence-corrected chi connectivity index (χ0v) is 11.0. The van der Waals surface area contributed by atoms with Gasteiger partial charge in [0, 0.05) is 6.54 Å². The molecule has 6 heteroatoms. The number of amides is 3. The van der Waals surface area contributed by atoms with E-state index in [2.05, 4.69) is 10.6 Å². The Morgan fingerprint density at radius 2 is 2.00 bits per heavy atom. The molecule has 0 aromatic heterocycles. The van der Waals surface area contributed by atoms with Gasteiger partial charge < -0.3 is 21.5 Å². The summed E-state index contributed by atoms with van der Waals surface area (Å²) in [7, 11) is 0. The van der Waals surface area contributed by atoms with E-state index >= 15 is 0 Å². The van der Waals surface area contributed by atoms with Gasteiger partial charge in [-0.2, -0.15) is 0 Å². The number of carbonyl (C=O) groups is 2. The van der Waals surface area contributed by atoms with Crippen molar-refractivity contribution >= 4 is 11.9 Å². The molecule has 104 valence electrons. The predicted octanol–water partition coefficient (Wildman–Crippen LogP) is -0.0435. The number of nitrogens with two attached hydrogens (primary N) is 1. The van der Waals surface area contributed by atoms with Gasteiger partial charge in [0.2, 0.25) is 5.91 Å². The normalized spacial score (nSPS) is 24.2. The molecule has 1 aliphatic carbocycles. The Labute approximate surface area is 107 Å². The van der Waals surface area contributed by atoms with Crippen LogP contribution in [-0.4, -0.2) is 35.7 Å². The zero-order valence-electron chi connectivity index (χ0n) is 11.0. The van der Waals surface area contributed by atoms with Gasteiger partial charge in [-0.05, 0) is 31.1 Å². The van der Waals surface area contributed by atoms with Crippen LogP contribution in [0.25, 0.3) is 0 Å². The highest BCUT2D eigenvalue weighted by molar-refractivity contribution is 5.86. The van der Waals surface area contributed by atoms with Crippen molar-refractivity contribution in [1.82, 2.24) is 10.6 Å². The first-order valence-electron chi connectivity index (χ1n) is 6.40. The number of nitrogens with one attached hydrogen (secondary N) is 2. The van der Waals surface area contributed by atoms with Crippen LogP contribution in [0.2, 0.25) is 0 Å². The van der Waals surface area contributed by atoms with E-state index < -0.39 is 12.1 Å². The number of hydrogen-bond donors (Lipinski definition) is 4. The van der Waals surface area contributed by atoms with Gasteiger partial charge in [-0.25, -0.2) is 4.79 Å². The Morgan fingerprint density at radius 3 is 2.44 bits per heavy atom. The maximum atomic E-state index is 11.9. The summed E-state index contributed by atoms with van der Waals surface area (Å²) in [4.78, 5) is 22.7. The Balaban J connectivity index is 2.35. The largest absolute Gasteiger partial charge is 0.393 e. The third-order valence-electron chi connectivity index (χ3n) is 3.12. The average Bonchev–Trinajstić information content (AvgIpc) is 2.20. The van der Waals surface area contributed by atoms with Crippen LogP contribution in [0.1, 0.15) is 33.1 Å². The van der Waals surface area contributed by atoms with Gasteiger partial charge in [0.25, 0.3) is 0 Å². The van der Waals surface area contributed by atoms with Crippen molar-refractivity contribution in [2.24, 2.45) is 17.6 Å². The van der Waals surface area contributed by atoms with E-state index in [1.807, 2.05) is 13.8 Å². The quantitative estimate of drug-likeness (QED) is 0.536. The minimum absolute atomic E-state index is 0.205. The van der Waals surface area contributed by atoms with Crippen LogP contribution in [0.4, 0.5) is 4.79 Å². The molecule has 0 saturated heterocycles. The molecular weight excluding hydrogens is 234 g/mol. The minimum atomic E-state index is -0.685. The van der Waals surface area contributed by atoms with Crippen molar-refractivity contribution < 1.29 is 14.7 Å². The number of urea groups is 1. The van der Waals surface area contributed by atoms with Gasteiger partial charge in [0.1, 0.15) is 6.04 Å². The highest BCUT2D eigenvalue weighted by Crippen LogP contribution is 2.26. The molecule has 0 radical (unpaired) electrons. The number of aliphatic hydroxyl groups is 1. The van der Waals surface area contributed by atoms with E-state index in [-0.39, 0.29) is 17.9 Å². The van der Waals surface area contributed by atoms with Crippen molar-refractivity contribution in [1.29, 1.82) is 0 Å². The zero-order chi connectivity index (χ0) is 13.7.